The molecule has 1 heterocycles. The first-order chi connectivity index (χ1) is 14.8. The number of aromatic nitrogens is 3. The van der Waals surface area contributed by atoms with E-state index in [9.17, 15) is 4.79 Å². The van der Waals surface area contributed by atoms with Crippen LogP contribution in [0.4, 0.5) is 5.69 Å². The Morgan fingerprint density at radius 1 is 1.29 bits per heavy atom. The summed E-state index contributed by atoms with van der Waals surface area (Å²) in [5.41, 5.74) is 3.04. The minimum Gasteiger partial charge on any atom is -0.486 e. The normalized spacial score (nSPS) is 11.6. The topological polar surface area (TPSA) is 119 Å². The number of thioether (sulfide) groups is 1. The van der Waals surface area contributed by atoms with Crippen molar-refractivity contribution in [3.63, 3.8) is 0 Å². The van der Waals surface area contributed by atoms with E-state index in [1.54, 1.807) is 19.1 Å². The average Bonchev–Trinajstić information content (AvgIpc) is 3.05. The van der Waals surface area contributed by atoms with Gasteiger partial charge in [-0.15, -0.1) is 10.2 Å². The number of benzene rings is 2. The van der Waals surface area contributed by atoms with Crippen molar-refractivity contribution in [3.05, 3.63) is 63.9 Å². The zero-order valence-electron chi connectivity index (χ0n) is 17.2. The van der Waals surface area contributed by atoms with Crippen molar-refractivity contribution in [2.45, 2.75) is 37.8 Å². The highest BCUT2D eigenvalue weighted by Gasteiger charge is 2.20. The number of nitriles is 1. The van der Waals surface area contributed by atoms with E-state index in [4.69, 9.17) is 27.4 Å². The molecule has 1 aromatic heterocycles. The van der Waals surface area contributed by atoms with E-state index in [-0.39, 0.29) is 17.5 Å². The molecule has 3 rings (SSSR count). The van der Waals surface area contributed by atoms with E-state index in [0.29, 0.717) is 22.2 Å². The summed E-state index contributed by atoms with van der Waals surface area (Å²) in [5.74, 6) is 6.99. The molecule has 1 unspecified atom stereocenters. The molecule has 1 amide bonds. The van der Waals surface area contributed by atoms with Crippen LogP contribution < -0.4 is 15.9 Å². The van der Waals surface area contributed by atoms with Crippen LogP contribution in [0.15, 0.2) is 41.6 Å². The third-order valence-corrected chi connectivity index (χ3v) is 5.68. The number of anilines is 1. The summed E-state index contributed by atoms with van der Waals surface area (Å²) < 4.78 is 7.10. The van der Waals surface area contributed by atoms with E-state index in [2.05, 4.69) is 21.6 Å². The van der Waals surface area contributed by atoms with Crippen LogP contribution in [0.1, 0.15) is 29.4 Å². The lowest BCUT2D eigenvalue weighted by Crippen LogP contribution is -2.24. The maximum atomic E-state index is 12.5. The highest BCUT2D eigenvalue weighted by molar-refractivity contribution is 8.00. The standard InChI is InChI=1S/C21H21ClN6O2S/c1-12-6-13(2)8-17(7-12)30-11-19-26-27-21(28(19)24)31-14(3)20(29)25-16-5-4-15(10-23)18(22)9-16/h4-9,14H,11,24H2,1-3H3,(H,25,29). The Kier molecular flexibility index (Phi) is 7.05. The first-order valence-electron chi connectivity index (χ1n) is 9.34. The zero-order chi connectivity index (χ0) is 22.5. The quantitative estimate of drug-likeness (QED) is 0.409. The first-order valence-corrected chi connectivity index (χ1v) is 10.6. The van der Waals surface area contributed by atoms with Crippen LogP contribution in [-0.2, 0) is 11.4 Å². The minimum absolute atomic E-state index is 0.150. The molecule has 2 aromatic carbocycles. The molecule has 8 nitrogen and oxygen atoms in total. The highest BCUT2D eigenvalue weighted by Crippen LogP contribution is 2.25. The number of hydrogen-bond donors (Lipinski definition) is 2. The number of nitrogens with one attached hydrogen (secondary N) is 1. The maximum Gasteiger partial charge on any atom is 0.237 e. The number of nitrogens with two attached hydrogens (primary N) is 1. The highest BCUT2D eigenvalue weighted by atomic mass is 35.5. The summed E-state index contributed by atoms with van der Waals surface area (Å²) in [6.07, 6.45) is 0. The second-order valence-electron chi connectivity index (χ2n) is 6.94. The van der Waals surface area contributed by atoms with Crippen LogP contribution in [0.3, 0.4) is 0 Å². The summed E-state index contributed by atoms with van der Waals surface area (Å²) in [5, 5.41) is 20.0. The van der Waals surface area contributed by atoms with Gasteiger partial charge in [0, 0.05) is 5.69 Å². The first kappa shape index (κ1) is 22.5. The molecule has 31 heavy (non-hydrogen) atoms. The predicted molar refractivity (Wildman–Crippen MR) is 121 cm³/mol. The molecule has 160 valence electrons. The lowest BCUT2D eigenvalue weighted by atomic mass is 10.1. The van der Waals surface area contributed by atoms with Gasteiger partial charge in [-0.2, -0.15) is 5.26 Å². The summed E-state index contributed by atoms with van der Waals surface area (Å²) in [6.45, 7) is 5.87. The van der Waals surface area contributed by atoms with E-state index in [1.807, 2.05) is 32.0 Å². The van der Waals surface area contributed by atoms with E-state index >= 15 is 0 Å². The van der Waals surface area contributed by atoms with Crippen LogP contribution in [-0.4, -0.2) is 26.0 Å². The third kappa shape index (κ3) is 5.69. The van der Waals surface area contributed by atoms with Crippen molar-refractivity contribution in [1.82, 2.24) is 14.9 Å². The van der Waals surface area contributed by atoms with Gasteiger partial charge in [0.2, 0.25) is 11.1 Å². The second kappa shape index (κ2) is 9.73. The molecule has 3 aromatic rings. The lowest BCUT2D eigenvalue weighted by Gasteiger charge is -2.12. The fourth-order valence-corrected chi connectivity index (χ4v) is 3.80. The van der Waals surface area contributed by atoms with E-state index in [0.717, 1.165) is 16.9 Å². The number of aryl methyl sites for hydroxylation is 2. The van der Waals surface area contributed by atoms with Gasteiger partial charge >= 0.3 is 0 Å². The number of carbonyl (C=O) groups excluding carboxylic acids is 1. The molecule has 0 aliphatic carbocycles. The Hall–Kier alpha value is -3.22. The summed E-state index contributed by atoms with van der Waals surface area (Å²) in [4.78, 5) is 12.5. The van der Waals surface area contributed by atoms with Crippen LogP contribution >= 0.6 is 23.4 Å². The zero-order valence-corrected chi connectivity index (χ0v) is 18.8. The second-order valence-corrected chi connectivity index (χ2v) is 8.65. The third-order valence-electron chi connectivity index (χ3n) is 4.31. The van der Waals surface area contributed by atoms with Gasteiger partial charge in [-0.3, -0.25) is 4.79 Å². The maximum absolute atomic E-state index is 12.5. The van der Waals surface area contributed by atoms with Gasteiger partial charge in [0.15, 0.2) is 5.82 Å². The molecular formula is C21H21ClN6O2S. The molecule has 0 saturated heterocycles. The number of amides is 1. The molecule has 0 aliphatic rings. The van der Waals surface area contributed by atoms with Gasteiger partial charge in [0.1, 0.15) is 18.4 Å². The molecule has 0 bridgehead atoms. The Bertz CT molecular complexity index is 1140. The molecule has 0 spiro atoms. The average molecular weight is 457 g/mol. The number of nitrogens with zero attached hydrogens (tertiary/aromatic N) is 4. The Labute approximate surface area is 189 Å². The number of rotatable bonds is 7. The largest absolute Gasteiger partial charge is 0.486 e. The molecule has 10 heteroatoms. The number of carbonyl (C=O) groups is 1. The van der Waals surface area contributed by atoms with Gasteiger partial charge < -0.3 is 15.9 Å². The molecular weight excluding hydrogens is 436 g/mol. The Morgan fingerprint density at radius 2 is 2.00 bits per heavy atom. The molecule has 0 aliphatic heterocycles. The SMILES string of the molecule is Cc1cc(C)cc(OCc2nnc(SC(C)C(=O)Nc3ccc(C#N)c(Cl)c3)n2N)c1. The summed E-state index contributed by atoms with van der Waals surface area (Å²) >= 11 is 7.18. The molecule has 0 fully saturated rings. The van der Waals surface area contributed by atoms with Crippen LogP contribution in [0, 0.1) is 25.2 Å². The summed E-state index contributed by atoms with van der Waals surface area (Å²) in [6, 6.07) is 12.6. The van der Waals surface area contributed by atoms with Gasteiger partial charge in [0.25, 0.3) is 0 Å². The van der Waals surface area contributed by atoms with Gasteiger partial charge in [-0.1, -0.05) is 29.4 Å². The van der Waals surface area contributed by atoms with Crippen molar-refractivity contribution < 1.29 is 9.53 Å². The summed E-state index contributed by atoms with van der Waals surface area (Å²) in [7, 11) is 0. The fraction of sp³-hybridized carbons (Fsp3) is 0.238. The van der Waals surface area contributed by atoms with E-state index < -0.39 is 5.25 Å². The van der Waals surface area contributed by atoms with Crippen molar-refractivity contribution in [1.29, 1.82) is 5.26 Å². The molecule has 1 atom stereocenters. The van der Waals surface area contributed by atoms with E-state index in [1.165, 1.54) is 22.5 Å². The van der Waals surface area contributed by atoms with Gasteiger partial charge in [0.05, 0.1) is 15.8 Å². The monoisotopic (exact) mass is 456 g/mol. The smallest absolute Gasteiger partial charge is 0.237 e. The van der Waals surface area contributed by atoms with Crippen molar-refractivity contribution in [3.8, 4) is 11.8 Å². The van der Waals surface area contributed by atoms with Crippen molar-refractivity contribution in [2.24, 2.45) is 0 Å². The Morgan fingerprint density at radius 3 is 2.65 bits per heavy atom. The number of nitrogen functional groups attached to an aromatic ring is 1. The van der Waals surface area contributed by atoms with Crippen LogP contribution in [0.5, 0.6) is 5.75 Å². The molecule has 0 radical (unpaired) electrons. The number of ether oxygens (including phenoxy) is 1. The van der Waals surface area contributed by atoms with Gasteiger partial charge in [-0.25, -0.2) is 4.68 Å². The predicted octanol–water partition coefficient (Wildman–Crippen LogP) is 3.83. The Balaban J connectivity index is 1.61. The number of halogens is 1. The van der Waals surface area contributed by atoms with Crippen molar-refractivity contribution >= 4 is 35.0 Å². The lowest BCUT2D eigenvalue weighted by molar-refractivity contribution is -0.115. The molecule has 0 saturated carbocycles. The molecule has 3 N–H and O–H groups in total. The van der Waals surface area contributed by atoms with Gasteiger partial charge in [-0.05, 0) is 62.2 Å². The van der Waals surface area contributed by atoms with Crippen LogP contribution in [0.25, 0.3) is 0 Å². The fourth-order valence-electron chi connectivity index (χ4n) is 2.79. The number of hydrogen-bond acceptors (Lipinski definition) is 7. The van der Waals surface area contributed by atoms with Crippen molar-refractivity contribution in [2.75, 3.05) is 11.2 Å². The minimum atomic E-state index is -0.505. The van der Waals surface area contributed by atoms with Crippen LogP contribution in [0.2, 0.25) is 5.02 Å².